The van der Waals surface area contributed by atoms with E-state index in [4.69, 9.17) is 4.74 Å². The quantitative estimate of drug-likeness (QED) is 0.901. The summed E-state index contributed by atoms with van der Waals surface area (Å²) in [6, 6.07) is 8.40. The number of carbonyl (C=O) groups excluding carboxylic acids is 2. The van der Waals surface area contributed by atoms with E-state index in [2.05, 4.69) is 10.3 Å². The summed E-state index contributed by atoms with van der Waals surface area (Å²) in [5, 5.41) is 2.77. The summed E-state index contributed by atoms with van der Waals surface area (Å²) in [7, 11) is 8.57. The number of nitrogens with one attached hydrogen (secondary N) is 1. The van der Waals surface area contributed by atoms with Crippen LogP contribution in [0.25, 0.3) is 0 Å². The van der Waals surface area contributed by atoms with Gasteiger partial charge in [0.05, 0.1) is 18.2 Å². The molecule has 1 heterocycles. The minimum absolute atomic E-state index is 0.204. The minimum atomic E-state index is -0.300. The predicted octanol–water partition coefficient (Wildman–Crippen LogP) is 2.11. The molecule has 0 aliphatic carbocycles. The van der Waals surface area contributed by atoms with Crippen molar-refractivity contribution in [1.82, 2.24) is 9.88 Å². The second-order valence-corrected chi connectivity index (χ2v) is 5.87. The van der Waals surface area contributed by atoms with Gasteiger partial charge >= 0.3 is 0 Å². The predicted molar refractivity (Wildman–Crippen MR) is 97.5 cm³/mol. The van der Waals surface area contributed by atoms with Crippen molar-refractivity contribution in [3.05, 3.63) is 47.7 Å². The minimum Gasteiger partial charge on any atom is -0.496 e. The number of anilines is 2. The summed E-state index contributed by atoms with van der Waals surface area (Å²) < 4.78 is 5.22. The molecule has 1 N–H and O–H groups in total. The smallest absolute Gasteiger partial charge is 0.257 e. The van der Waals surface area contributed by atoms with Crippen LogP contribution in [0.3, 0.4) is 0 Å². The maximum atomic E-state index is 12.4. The number of amides is 2. The Morgan fingerprint density at radius 3 is 2.32 bits per heavy atom. The highest BCUT2D eigenvalue weighted by molar-refractivity contribution is 6.05. The zero-order chi connectivity index (χ0) is 18.6. The Balaban J connectivity index is 2.23. The zero-order valence-corrected chi connectivity index (χ0v) is 15.0. The zero-order valence-electron chi connectivity index (χ0n) is 15.0. The third-order valence-corrected chi connectivity index (χ3v) is 3.56. The Kier molecular flexibility index (Phi) is 5.59. The lowest BCUT2D eigenvalue weighted by atomic mass is 10.1. The van der Waals surface area contributed by atoms with E-state index in [0.29, 0.717) is 22.6 Å². The van der Waals surface area contributed by atoms with Gasteiger partial charge in [-0.05, 0) is 30.3 Å². The molecule has 1 aromatic carbocycles. The van der Waals surface area contributed by atoms with Gasteiger partial charge in [0.1, 0.15) is 11.6 Å². The van der Waals surface area contributed by atoms with Crippen molar-refractivity contribution in [3.63, 3.8) is 0 Å². The summed E-state index contributed by atoms with van der Waals surface area (Å²) in [6.45, 7) is 0. The molecule has 1 aromatic heterocycles. The molecule has 0 fully saturated rings. The standard InChI is InChI=1S/C18H22N4O3/c1-21(2)16-9-6-12(11-19-16)17(23)20-13-7-8-15(25-5)14(10-13)18(24)22(3)4/h6-11H,1-5H3,(H,20,23). The summed E-state index contributed by atoms with van der Waals surface area (Å²) in [5.74, 6) is 0.713. The van der Waals surface area contributed by atoms with Crippen LogP contribution in [-0.2, 0) is 0 Å². The van der Waals surface area contributed by atoms with E-state index >= 15 is 0 Å². The van der Waals surface area contributed by atoms with Crippen molar-refractivity contribution in [2.75, 3.05) is 45.5 Å². The number of ether oxygens (including phenoxy) is 1. The first kappa shape index (κ1) is 18.3. The van der Waals surface area contributed by atoms with Crippen molar-refractivity contribution in [2.24, 2.45) is 0 Å². The highest BCUT2D eigenvalue weighted by Crippen LogP contribution is 2.24. The molecule has 7 heteroatoms. The number of carbonyl (C=O) groups is 2. The molecule has 0 saturated carbocycles. The molecule has 0 spiro atoms. The van der Waals surface area contributed by atoms with Crippen molar-refractivity contribution in [3.8, 4) is 5.75 Å². The van der Waals surface area contributed by atoms with Gasteiger partial charge in [0.25, 0.3) is 11.8 Å². The molecule has 0 atom stereocenters. The van der Waals surface area contributed by atoms with Crippen molar-refractivity contribution < 1.29 is 14.3 Å². The van der Waals surface area contributed by atoms with Crippen LogP contribution < -0.4 is 15.0 Å². The van der Waals surface area contributed by atoms with Crippen LogP contribution in [0.15, 0.2) is 36.5 Å². The molecule has 25 heavy (non-hydrogen) atoms. The number of hydrogen-bond donors (Lipinski definition) is 1. The first-order chi connectivity index (χ1) is 11.8. The van der Waals surface area contributed by atoms with E-state index in [9.17, 15) is 9.59 Å². The lowest BCUT2D eigenvalue weighted by Gasteiger charge is -2.15. The molecule has 0 radical (unpaired) electrons. The van der Waals surface area contributed by atoms with E-state index in [-0.39, 0.29) is 11.8 Å². The Hall–Kier alpha value is -3.09. The largest absolute Gasteiger partial charge is 0.496 e. The van der Waals surface area contributed by atoms with Crippen LogP contribution in [0, 0.1) is 0 Å². The first-order valence-corrected chi connectivity index (χ1v) is 7.68. The molecule has 7 nitrogen and oxygen atoms in total. The molecular weight excluding hydrogens is 320 g/mol. The van der Waals surface area contributed by atoms with Gasteiger partial charge in [0.15, 0.2) is 0 Å². The van der Waals surface area contributed by atoms with Gasteiger partial charge in [0.2, 0.25) is 0 Å². The number of aromatic nitrogens is 1. The first-order valence-electron chi connectivity index (χ1n) is 7.68. The van der Waals surface area contributed by atoms with Gasteiger partial charge in [0, 0.05) is 40.1 Å². The van der Waals surface area contributed by atoms with Gasteiger partial charge in [-0.25, -0.2) is 4.98 Å². The fourth-order valence-electron chi connectivity index (χ4n) is 2.18. The molecular formula is C18H22N4O3. The van der Waals surface area contributed by atoms with Crippen molar-refractivity contribution in [2.45, 2.75) is 0 Å². The summed E-state index contributed by atoms with van der Waals surface area (Å²) >= 11 is 0. The van der Waals surface area contributed by atoms with Crippen molar-refractivity contribution >= 4 is 23.3 Å². The highest BCUT2D eigenvalue weighted by Gasteiger charge is 2.16. The highest BCUT2D eigenvalue weighted by atomic mass is 16.5. The summed E-state index contributed by atoms with van der Waals surface area (Å²) in [4.78, 5) is 32.2. The normalized spacial score (nSPS) is 10.1. The molecule has 132 valence electrons. The molecule has 0 aliphatic rings. The van der Waals surface area contributed by atoms with E-state index in [1.54, 1.807) is 44.4 Å². The van der Waals surface area contributed by atoms with Gasteiger partial charge < -0.3 is 19.9 Å². The van der Waals surface area contributed by atoms with E-state index in [1.165, 1.54) is 18.2 Å². The van der Waals surface area contributed by atoms with Crippen LogP contribution in [0.5, 0.6) is 5.75 Å². The Labute approximate surface area is 147 Å². The second-order valence-electron chi connectivity index (χ2n) is 5.87. The fourth-order valence-corrected chi connectivity index (χ4v) is 2.18. The fraction of sp³-hybridized carbons (Fsp3) is 0.278. The Morgan fingerprint density at radius 1 is 1.08 bits per heavy atom. The van der Waals surface area contributed by atoms with Gasteiger partial charge in [-0.2, -0.15) is 0 Å². The molecule has 0 bridgehead atoms. The molecule has 0 aliphatic heterocycles. The second kappa shape index (κ2) is 7.65. The van der Waals surface area contributed by atoms with Crippen LogP contribution in [0.4, 0.5) is 11.5 Å². The maximum Gasteiger partial charge on any atom is 0.257 e. The third kappa shape index (κ3) is 4.26. The lowest BCUT2D eigenvalue weighted by molar-refractivity contribution is 0.0824. The van der Waals surface area contributed by atoms with Crippen LogP contribution in [-0.4, -0.2) is 57.0 Å². The van der Waals surface area contributed by atoms with Gasteiger partial charge in [-0.15, -0.1) is 0 Å². The Bertz CT molecular complexity index is 770. The number of nitrogens with zero attached hydrogens (tertiary/aromatic N) is 3. The summed E-state index contributed by atoms with van der Waals surface area (Å²) in [6.07, 6.45) is 1.51. The SMILES string of the molecule is COc1ccc(NC(=O)c2ccc(N(C)C)nc2)cc1C(=O)N(C)C. The molecule has 2 amide bonds. The summed E-state index contributed by atoms with van der Waals surface area (Å²) in [5.41, 5.74) is 1.32. The van der Waals surface area contributed by atoms with Crippen LogP contribution in [0.1, 0.15) is 20.7 Å². The average molecular weight is 342 g/mol. The van der Waals surface area contributed by atoms with E-state index in [1.807, 2.05) is 19.0 Å². The Morgan fingerprint density at radius 2 is 1.80 bits per heavy atom. The number of hydrogen-bond acceptors (Lipinski definition) is 5. The van der Waals surface area contributed by atoms with Gasteiger partial charge in [-0.3, -0.25) is 9.59 Å². The average Bonchev–Trinajstić information content (AvgIpc) is 2.60. The number of pyridine rings is 1. The maximum absolute atomic E-state index is 12.4. The number of methoxy groups -OCH3 is 1. The third-order valence-electron chi connectivity index (χ3n) is 3.56. The van der Waals surface area contributed by atoms with Crippen LogP contribution >= 0.6 is 0 Å². The number of benzene rings is 1. The van der Waals surface area contributed by atoms with Crippen LogP contribution in [0.2, 0.25) is 0 Å². The number of rotatable bonds is 5. The topological polar surface area (TPSA) is 74.8 Å². The van der Waals surface area contributed by atoms with E-state index < -0.39 is 0 Å². The van der Waals surface area contributed by atoms with Crippen molar-refractivity contribution in [1.29, 1.82) is 0 Å². The van der Waals surface area contributed by atoms with E-state index in [0.717, 1.165) is 5.82 Å². The molecule has 2 rings (SSSR count). The molecule has 2 aromatic rings. The molecule has 0 unspecified atom stereocenters. The lowest BCUT2D eigenvalue weighted by Crippen LogP contribution is -2.22. The monoisotopic (exact) mass is 342 g/mol. The molecule has 0 saturated heterocycles. The van der Waals surface area contributed by atoms with Gasteiger partial charge in [-0.1, -0.05) is 0 Å².